The Morgan fingerprint density at radius 3 is 2.17 bits per heavy atom. The molecule has 1 saturated carbocycles. The van der Waals surface area contributed by atoms with Gasteiger partial charge in [-0.05, 0) is 36.5 Å². The van der Waals surface area contributed by atoms with E-state index in [0.29, 0.717) is 6.54 Å². The van der Waals surface area contributed by atoms with Gasteiger partial charge >= 0.3 is 5.97 Å². The second kappa shape index (κ2) is 7.67. The van der Waals surface area contributed by atoms with Crippen LogP contribution in [0.5, 0.6) is 0 Å². The molecule has 1 N–H and O–H groups in total. The highest BCUT2D eigenvalue weighted by molar-refractivity contribution is 5.79. The third-order valence-electron chi connectivity index (χ3n) is 6.57. The van der Waals surface area contributed by atoms with Gasteiger partial charge in [0.05, 0.1) is 12.0 Å². The highest BCUT2D eigenvalue weighted by Gasteiger charge is 2.62. The molecule has 0 bridgehead atoms. The van der Waals surface area contributed by atoms with Crippen LogP contribution in [0.4, 0.5) is 0 Å². The summed E-state index contributed by atoms with van der Waals surface area (Å²) < 4.78 is 5.58. The van der Waals surface area contributed by atoms with Crippen molar-refractivity contribution >= 4 is 11.9 Å². The maximum atomic E-state index is 12.9. The summed E-state index contributed by atoms with van der Waals surface area (Å²) in [5.74, 6) is -0.158. The number of carbonyl (C=O) groups excluding carboxylic acids is 2. The average Bonchev–Trinajstić information content (AvgIpc) is 2.53. The molecule has 23 heavy (non-hydrogen) atoms. The maximum Gasteiger partial charge on any atom is 0.312 e. The largest absolute Gasteiger partial charge is 0.463 e. The molecule has 2 unspecified atom stereocenters. The van der Waals surface area contributed by atoms with Gasteiger partial charge in [-0.2, -0.15) is 0 Å². The van der Waals surface area contributed by atoms with Crippen LogP contribution in [0.15, 0.2) is 0 Å². The summed E-state index contributed by atoms with van der Waals surface area (Å²) in [5.41, 5.74) is -0.157. The van der Waals surface area contributed by atoms with Gasteiger partial charge in [-0.1, -0.05) is 47.5 Å². The van der Waals surface area contributed by atoms with Gasteiger partial charge in [0.2, 0.25) is 5.91 Å². The van der Waals surface area contributed by atoms with Crippen molar-refractivity contribution < 1.29 is 14.3 Å². The molecule has 0 saturated heterocycles. The molecule has 0 aromatic heterocycles. The molecule has 0 radical (unpaired) electrons. The van der Waals surface area contributed by atoms with Crippen LogP contribution in [0.3, 0.4) is 0 Å². The Labute approximate surface area is 141 Å². The molecule has 0 aromatic rings. The number of hydrogen-bond acceptors (Lipinski definition) is 3. The standard InChI is InChI=1S/C19H35NO3/c1-7-17(5,8-2)14-19(11-10-18(19,6)9-3)16(22)23-13-12-20-15(4)21/h7-14H2,1-6H3,(H,20,21). The maximum absolute atomic E-state index is 12.9. The van der Waals surface area contributed by atoms with Crippen LogP contribution in [0.2, 0.25) is 0 Å². The summed E-state index contributed by atoms with van der Waals surface area (Å²) in [4.78, 5) is 23.9. The lowest BCUT2D eigenvalue weighted by molar-refractivity contribution is -0.188. The van der Waals surface area contributed by atoms with Crippen LogP contribution in [-0.4, -0.2) is 25.0 Å². The fourth-order valence-corrected chi connectivity index (χ4v) is 3.83. The summed E-state index contributed by atoms with van der Waals surface area (Å²) in [6.45, 7) is 13.2. The van der Waals surface area contributed by atoms with E-state index in [-0.39, 0.29) is 34.7 Å². The average molecular weight is 325 g/mol. The molecular weight excluding hydrogens is 290 g/mol. The second-order valence-electron chi connectivity index (χ2n) is 7.81. The molecule has 1 amide bonds. The van der Waals surface area contributed by atoms with Crippen LogP contribution >= 0.6 is 0 Å². The quantitative estimate of drug-likeness (QED) is 0.513. The van der Waals surface area contributed by atoms with Crippen LogP contribution < -0.4 is 5.32 Å². The van der Waals surface area contributed by atoms with Gasteiger partial charge in [0, 0.05) is 6.92 Å². The third kappa shape index (κ3) is 4.07. The van der Waals surface area contributed by atoms with Crippen LogP contribution in [0, 0.1) is 16.2 Å². The van der Waals surface area contributed by atoms with E-state index in [2.05, 4.69) is 39.9 Å². The van der Waals surface area contributed by atoms with Crippen molar-refractivity contribution in [2.24, 2.45) is 16.2 Å². The highest BCUT2D eigenvalue weighted by atomic mass is 16.5. The first-order chi connectivity index (χ1) is 10.7. The minimum atomic E-state index is -0.362. The molecule has 0 aliphatic heterocycles. The van der Waals surface area contributed by atoms with Gasteiger partial charge in [0.15, 0.2) is 0 Å². The van der Waals surface area contributed by atoms with E-state index in [9.17, 15) is 9.59 Å². The molecule has 0 aromatic carbocycles. The van der Waals surface area contributed by atoms with Gasteiger partial charge in [-0.3, -0.25) is 9.59 Å². The molecule has 2 atom stereocenters. The monoisotopic (exact) mass is 325 g/mol. The Morgan fingerprint density at radius 1 is 1.17 bits per heavy atom. The first-order valence-electron chi connectivity index (χ1n) is 9.10. The summed E-state index contributed by atoms with van der Waals surface area (Å²) >= 11 is 0. The fourth-order valence-electron chi connectivity index (χ4n) is 3.83. The van der Waals surface area contributed by atoms with E-state index in [1.807, 2.05) is 0 Å². The Bertz CT molecular complexity index is 426. The molecule has 4 heteroatoms. The predicted molar refractivity (Wildman–Crippen MR) is 93.0 cm³/mol. The summed E-state index contributed by atoms with van der Waals surface area (Å²) in [7, 11) is 0. The number of nitrogens with one attached hydrogen (secondary N) is 1. The van der Waals surface area contributed by atoms with Crippen molar-refractivity contribution in [2.45, 2.75) is 80.1 Å². The van der Waals surface area contributed by atoms with E-state index in [4.69, 9.17) is 4.74 Å². The zero-order valence-corrected chi connectivity index (χ0v) is 15.9. The number of amides is 1. The predicted octanol–water partition coefficient (Wildman–Crippen LogP) is 4.08. The molecule has 1 aliphatic rings. The van der Waals surface area contributed by atoms with Crippen LogP contribution in [-0.2, 0) is 14.3 Å². The van der Waals surface area contributed by atoms with E-state index < -0.39 is 0 Å². The Kier molecular flexibility index (Phi) is 6.67. The molecule has 0 heterocycles. The summed E-state index contributed by atoms with van der Waals surface area (Å²) in [6.07, 6.45) is 6.06. The third-order valence-corrected chi connectivity index (χ3v) is 6.57. The summed E-state index contributed by atoms with van der Waals surface area (Å²) in [6, 6.07) is 0. The Hall–Kier alpha value is -1.06. The van der Waals surface area contributed by atoms with Crippen molar-refractivity contribution in [3.63, 3.8) is 0 Å². The molecule has 4 nitrogen and oxygen atoms in total. The smallest absolute Gasteiger partial charge is 0.312 e. The molecule has 1 fully saturated rings. The normalized spacial score (nSPS) is 27.2. The van der Waals surface area contributed by atoms with E-state index in [0.717, 1.165) is 38.5 Å². The lowest BCUT2D eigenvalue weighted by Gasteiger charge is -2.58. The molecule has 1 aliphatic carbocycles. The zero-order valence-electron chi connectivity index (χ0n) is 15.9. The number of hydrogen-bond donors (Lipinski definition) is 1. The fraction of sp³-hybridized carbons (Fsp3) is 0.895. The number of ether oxygens (including phenoxy) is 1. The van der Waals surface area contributed by atoms with Gasteiger partial charge in [0.1, 0.15) is 6.61 Å². The zero-order chi connectivity index (χ0) is 17.7. The van der Waals surface area contributed by atoms with Crippen molar-refractivity contribution in [1.82, 2.24) is 5.32 Å². The number of carbonyl (C=O) groups is 2. The number of rotatable bonds is 9. The molecule has 0 spiro atoms. The van der Waals surface area contributed by atoms with E-state index in [1.54, 1.807) is 0 Å². The SMILES string of the molecule is CCC(C)(CC)CC1(C(=O)OCCNC(C)=O)CCC1(C)CC. The van der Waals surface area contributed by atoms with Crippen LogP contribution in [0.1, 0.15) is 80.1 Å². The summed E-state index contributed by atoms with van der Waals surface area (Å²) in [5, 5.41) is 2.68. The molecule has 134 valence electrons. The van der Waals surface area contributed by atoms with Crippen molar-refractivity contribution in [2.75, 3.05) is 13.2 Å². The van der Waals surface area contributed by atoms with Crippen molar-refractivity contribution in [3.8, 4) is 0 Å². The van der Waals surface area contributed by atoms with E-state index >= 15 is 0 Å². The van der Waals surface area contributed by atoms with E-state index in [1.165, 1.54) is 6.92 Å². The van der Waals surface area contributed by atoms with Crippen molar-refractivity contribution in [3.05, 3.63) is 0 Å². The van der Waals surface area contributed by atoms with Crippen molar-refractivity contribution in [1.29, 1.82) is 0 Å². The van der Waals surface area contributed by atoms with Crippen LogP contribution in [0.25, 0.3) is 0 Å². The lowest BCUT2D eigenvalue weighted by atomic mass is 9.45. The topological polar surface area (TPSA) is 55.4 Å². The highest BCUT2D eigenvalue weighted by Crippen LogP contribution is 2.64. The van der Waals surface area contributed by atoms with Gasteiger partial charge in [-0.15, -0.1) is 0 Å². The Morgan fingerprint density at radius 2 is 1.78 bits per heavy atom. The van der Waals surface area contributed by atoms with Gasteiger partial charge < -0.3 is 10.1 Å². The lowest BCUT2D eigenvalue weighted by Crippen LogP contribution is -2.57. The first-order valence-corrected chi connectivity index (χ1v) is 9.10. The number of esters is 1. The second-order valence-corrected chi connectivity index (χ2v) is 7.81. The van der Waals surface area contributed by atoms with Gasteiger partial charge in [0.25, 0.3) is 0 Å². The van der Waals surface area contributed by atoms with Gasteiger partial charge in [-0.25, -0.2) is 0 Å². The first kappa shape index (κ1) is 20.0. The molecular formula is C19H35NO3. The Balaban J connectivity index is 2.85. The minimum Gasteiger partial charge on any atom is -0.463 e. The minimum absolute atomic E-state index is 0.0314. The molecule has 1 rings (SSSR count).